The number of carbonyl (C=O) groups excluding carboxylic acids is 2. The van der Waals surface area contributed by atoms with Gasteiger partial charge in [-0.2, -0.15) is 0 Å². The van der Waals surface area contributed by atoms with E-state index in [2.05, 4.69) is 5.32 Å². The van der Waals surface area contributed by atoms with E-state index in [9.17, 15) is 19.5 Å². The number of amides is 1. The molecule has 0 fully saturated rings. The van der Waals surface area contributed by atoms with E-state index in [0.29, 0.717) is 17.2 Å². The molecular weight excluding hydrogens is 478 g/mol. The lowest BCUT2D eigenvalue weighted by atomic mass is 9.99. The summed E-state index contributed by atoms with van der Waals surface area (Å²) in [6.45, 7) is 0. The third-order valence-corrected chi connectivity index (χ3v) is 6.47. The summed E-state index contributed by atoms with van der Waals surface area (Å²) in [5.74, 6) is -1.39. The normalized spacial score (nSPS) is 13.0. The van der Waals surface area contributed by atoms with Crippen molar-refractivity contribution in [2.24, 2.45) is 0 Å². The molecular formula is C29H28ClNO5. The van der Waals surface area contributed by atoms with Crippen LogP contribution in [0.25, 0.3) is 11.1 Å². The first-order chi connectivity index (χ1) is 17.4. The molecule has 3 aromatic carbocycles. The molecule has 1 aliphatic carbocycles. The van der Waals surface area contributed by atoms with Gasteiger partial charge in [0.1, 0.15) is 5.75 Å². The molecule has 0 radical (unpaired) electrons. The van der Waals surface area contributed by atoms with Gasteiger partial charge in [0.2, 0.25) is 5.91 Å². The number of hydrogen-bond donors (Lipinski definition) is 2. The summed E-state index contributed by atoms with van der Waals surface area (Å²) in [6.07, 6.45) is 3.11. The molecule has 0 spiro atoms. The van der Waals surface area contributed by atoms with Gasteiger partial charge >= 0.3 is 11.9 Å². The number of carboxylic acids is 1. The van der Waals surface area contributed by atoms with Crippen molar-refractivity contribution in [3.8, 4) is 16.9 Å². The number of rotatable bonds is 10. The van der Waals surface area contributed by atoms with Gasteiger partial charge in [-0.05, 0) is 77.8 Å². The van der Waals surface area contributed by atoms with E-state index in [1.165, 1.54) is 11.1 Å². The zero-order valence-corrected chi connectivity index (χ0v) is 20.6. The topological polar surface area (TPSA) is 92.7 Å². The van der Waals surface area contributed by atoms with Gasteiger partial charge in [-0.15, -0.1) is 0 Å². The number of aryl methyl sites for hydroxylation is 2. The summed E-state index contributed by atoms with van der Waals surface area (Å²) in [5.41, 5.74) is 5.36. The zero-order chi connectivity index (χ0) is 25.5. The van der Waals surface area contributed by atoms with Crippen LogP contribution in [0.3, 0.4) is 0 Å². The van der Waals surface area contributed by atoms with Crippen LogP contribution in [0.15, 0.2) is 66.7 Å². The van der Waals surface area contributed by atoms with Crippen molar-refractivity contribution in [2.45, 2.75) is 51.0 Å². The predicted octanol–water partition coefficient (Wildman–Crippen LogP) is 5.38. The SMILES string of the molecule is O=C(O)CC(Cc1ccc(-c2cccc(Cl)c2)cc1)NC(=O)CCC(=O)Oc1ccc2c(c1)CCC2. The molecule has 7 heteroatoms. The lowest BCUT2D eigenvalue weighted by Crippen LogP contribution is -2.38. The number of halogens is 1. The molecule has 4 rings (SSSR count). The van der Waals surface area contributed by atoms with E-state index in [1.807, 2.05) is 60.7 Å². The van der Waals surface area contributed by atoms with Crippen molar-refractivity contribution in [2.75, 3.05) is 0 Å². The second-order valence-corrected chi connectivity index (χ2v) is 9.47. The molecule has 1 aliphatic rings. The lowest BCUT2D eigenvalue weighted by molar-refractivity contribution is -0.139. The fourth-order valence-electron chi connectivity index (χ4n) is 4.48. The molecule has 0 aromatic heterocycles. The lowest BCUT2D eigenvalue weighted by Gasteiger charge is -2.17. The maximum Gasteiger partial charge on any atom is 0.311 e. The maximum absolute atomic E-state index is 12.5. The standard InChI is InChI=1S/C29H28ClNO5/c30-24-6-2-5-22(16-24)21-9-7-19(8-10-21)15-25(18-28(33)34)31-27(32)13-14-29(35)36-26-12-11-20-3-1-4-23(20)17-26/h2,5-12,16-17,25H,1,3-4,13-15,18H2,(H,31,32)(H,33,34). The fraction of sp³-hybridized carbons (Fsp3) is 0.276. The smallest absolute Gasteiger partial charge is 0.311 e. The highest BCUT2D eigenvalue weighted by Gasteiger charge is 2.19. The van der Waals surface area contributed by atoms with Gasteiger partial charge in [0.05, 0.1) is 12.8 Å². The number of aliphatic carboxylic acids is 1. The maximum atomic E-state index is 12.5. The first-order valence-electron chi connectivity index (χ1n) is 12.0. The number of hydrogen-bond acceptors (Lipinski definition) is 4. The predicted molar refractivity (Wildman–Crippen MR) is 138 cm³/mol. The van der Waals surface area contributed by atoms with Crippen molar-refractivity contribution in [3.05, 3.63) is 88.4 Å². The third-order valence-electron chi connectivity index (χ3n) is 6.24. The second kappa shape index (κ2) is 11.9. The van der Waals surface area contributed by atoms with Crippen molar-refractivity contribution in [1.82, 2.24) is 5.32 Å². The third kappa shape index (κ3) is 7.18. The zero-order valence-electron chi connectivity index (χ0n) is 19.8. The Hall–Kier alpha value is -3.64. The Labute approximate surface area is 215 Å². The quantitative estimate of drug-likeness (QED) is 0.285. The molecule has 1 unspecified atom stereocenters. The highest BCUT2D eigenvalue weighted by atomic mass is 35.5. The van der Waals surface area contributed by atoms with Crippen LogP contribution in [0.5, 0.6) is 5.75 Å². The van der Waals surface area contributed by atoms with Crippen LogP contribution in [-0.2, 0) is 33.6 Å². The van der Waals surface area contributed by atoms with Gasteiger partial charge in [0, 0.05) is 17.5 Å². The summed E-state index contributed by atoms with van der Waals surface area (Å²) in [4.78, 5) is 36.1. The number of ether oxygens (including phenoxy) is 1. The summed E-state index contributed by atoms with van der Waals surface area (Å²) in [5, 5.41) is 12.7. The number of carbonyl (C=O) groups is 3. The number of fused-ring (bicyclic) bond motifs is 1. The fourth-order valence-corrected chi connectivity index (χ4v) is 4.67. The minimum absolute atomic E-state index is 0.0758. The van der Waals surface area contributed by atoms with E-state index in [1.54, 1.807) is 6.07 Å². The molecule has 0 aliphatic heterocycles. The second-order valence-electron chi connectivity index (χ2n) is 9.03. The van der Waals surface area contributed by atoms with Crippen LogP contribution >= 0.6 is 11.6 Å². The van der Waals surface area contributed by atoms with Gasteiger partial charge < -0.3 is 15.2 Å². The van der Waals surface area contributed by atoms with Crippen LogP contribution in [-0.4, -0.2) is 29.0 Å². The molecule has 186 valence electrons. The molecule has 36 heavy (non-hydrogen) atoms. The Balaban J connectivity index is 1.29. The number of esters is 1. The van der Waals surface area contributed by atoms with Crippen molar-refractivity contribution < 1.29 is 24.2 Å². The Bertz CT molecular complexity index is 1250. The van der Waals surface area contributed by atoms with E-state index in [0.717, 1.165) is 36.0 Å². The Kier molecular flexibility index (Phi) is 8.39. The summed E-state index contributed by atoms with van der Waals surface area (Å²) >= 11 is 6.07. The van der Waals surface area contributed by atoms with Crippen LogP contribution in [0, 0.1) is 0 Å². The summed E-state index contributed by atoms with van der Waals surface area (Å²) in [6, 6.07) is 20.3. The molecule has 0 heterocycles. The van der Waals surface area contributed by atoms with E-state index in [4.69, 9.17) is 16.3 Å². The average Bonchev–Trinajstić information content (AvgIpc) is 3.31. The van der Waals surface area contributed by atoms with E-state index >= 15 is 0 Å². The Morgan fingerprint density at radius 3 is 2.44 bits per heavy atom. The molecule has 0 saturated heterocycles. The van der Waals surface area contributed by atoms with Gasteiger partial charge in [-0.25, -0.2) is 0 Å². The van der Waals surface area contributed by atoms with Crippen LogP contribution < -0.4 is 10.1 Å². The minimum atomic E-state index is -1.01. The Morgan fingerprint density at radius 2 is 1.69 bits per heavy atom. The number of nitrogens with one attached hydrogen (secondary N) is 1. The highest BCUT2D eigenvalue weighted by Crippen LogP contribution is 2.26. The van der Waals surface area contributed by atoms with Gasteiger partial charge in [0.25, 0.3) is 0 Å². The Morgan fingerprint density at radius 1 is 0.917 bits per heavy atom. The first kappa shape index (κ1) is 25.5. The van der Waals surface area contributed by atoms with Crippen molar-refractivity contribution >= 4 is 29.4 Å². The summed E-state index contributed by atoms with van der Waals surface area (Å²) in [7, 11) is 0. The van der Waals surface area contributed by atoms with Gasteiger partial charge in [-0.3, -0.25) is 14.4 Å². The largest absolute Gasteiger partial charge is 0.481 e. The highest BCUT2D eigenvalue weighted by molar-refractivity contribution is 6.30. The number of carboxylic acid groups (broad SMARTS) is 1. The van der Waals surface area contributed by atoms with Gasteiger partial charge in [-0.1, -0.05) is 54.1 Å². The van der Waals surface area contributed by atoms with Crippen LogP contribution in [0.2, 0.25) is 5.02 Å². The van der Waals surface area contributed by atoms with Crippen LogP contribution in [0.1, 0.15) is 42.4 Å². The first-order valence-corrected chi connectivity index (χ1v) is 12.4. The van der Waals surface area contributed by atoms with E-state index < -0.39 is 18.0 Å². The monoisotopic (exact) mass is 505 g/mol. The molecule has 1 atom stereocenters. The molecule has 3 aromatic rings. The number of benzene rings is 3. The molecule has 2 N–H and O–H groups in total. The molecule has 1 amide bonds. The average molecular weight is 506 g/mol. The molecule has 0 saturated carbocycles. The van der Waals surface area contributed by atoms with Crippen molar-refractivity contribution in [3.63, 3.8) is 0 Å². The summed E-state index contributed by atoms with van der Waals surface area (Å²) < 4.78 is 5.39. The minimum Gasteiger partial charge on any atom is -0.481 e. The molecule has 6 nitrogen and oxygen atoms in total. The van der Waals surface area contributed by atoms with E-state index in [-0.39, 0.29) is 25.2 Å². The van der Waals surface area contributed by atoms with Crippen molar-refractivity contribution in [1.29, 1.82) is 0 Å². The van der Waals surface area contributed by atoms with Crippen LogP contribution in [0.4, 0.5) is 0 Å². The molecule has 0 bridgehead atoms. The van der Waals surface area contributed by atoms with Gasteiger partial charge in [0.15, 0.2) is 0 Å².